The summed E-state index contributed by atoms with van der Waals surface area (Å²) in [5.74, 6) is -5.18. The SMILES string of the molecule is CC(C)(C)OC(=O)N[C@@H](CCC(=O)O)C(=O)OC1CCCC1.CC(C)(C)OC(=O)N[C@@H](CCC(=O)OCc1ccccc1)C(=O)O.CC(C)(C)OC(=O)N[C@@H](CCC(=O)OCc1ccccc1)C(=O)O. The molecule has 1 saturated carbocycles. The highest BCUT2D eigenvalue weighted by molar-refractivity contribution is 5.83. The van der Waals surface area contributed by atoms with E-state index in [1.165, 1.54) is 0 Å². The number of ether oxygens (including phenoxy) is 6. The highest BCUT2D eigenvalue weighted by Gasteiger charge is 2.30. The van der Waals surface area contributed by atoms with Gasteiger partial charge in [0.2, 0.25) is 0 Å². The van der Waals surface area contributed by atoms with Crippen LogP contribution in [0.4, 0.5) is 14.4 Å². The van der Waals surface area contributed by atoms with Crippen LogP contribution in [0.5, 0.6) is 0 Å². The van der Waals surface area contributed by atoms with E-state index in [2.05, 4.69) is 16.0 Å². The molecule has 3 amide bonds. The van der Waals surface area contributed by atoms with Gasteiger partial charge in [-0.25, -0.2) is 28.8 Å². The first-order valence-corrected chi connectivity index (χ1v) is 22.8. The number of rotatable bonds is 20. The van der Waals surface area contributed by atoms with Gasteiger partial charge in [-0.3, -0.25) is 14.4 Å². The van der Waals surface area contributed by atoms with Crippen LogP contribution in [0.3, 0.4) is 0 Å². The molecule has 21 nitrogen and oxygen atoms in total. The van der Waals surface area contributed by atoms with Crippen LogP contribution in [-0.4, -0.2) is 110 Å². The minimum atomic E-state index is -1.24. The summed E-state index contributed by atoms with van der Waals surface area (Å²) in [6, 6.07) is 14.8. The number of carboxylic acid groups (broad SMARTS) is 3. The van der Waals surface area contributed by atoms with E-state index >= 15 is 0 Å². The van der Waals surface area contributed by atoms with Gasteiger partial charge in [-0.2, -0.15) is 0 Å². The van der Waals surface area contributed by atoms with Gasteiger partial charge in [0, 0.05) is 19.3 Å². The van der Waals surface area contributed by atoms with E-state index in [0.29, 0.717) is 0 Å². The number of carbonyl (C=O) groups excluding carboxylic acids is 6. The lowest BCUT2D eigenvalue weighted by Gasteiger charge is -2.23. The van der Waals surface area contributed by atoms with E-state index in [0.717, 1.165) is 36.8 Å². The van der Waals surface area contributed by atoms with Crippen molar-refractivity contribution in [3.63, 3.8) is 0 Å². The van der Waals surface area contributed by atoms with Crippen LogP contribution in [0.2, 0.25) is 0 Å². The Balaban J connectivity index is 0.000000526. The van der Waals surface area contributed by atoms with Crippen molar-refractivity contribution < 1.29 is 86.9 Å². The van der Waals surface area contributed by atoms with Crippen LogP contribution in [0, 0.1) is 0 Å². The Labute approximate surface area is 408 Å². The Morgan fingerprint density at radius 3 is 1.16 bits per heavy atom. The Morgan fingerprint density at radius 2 is 0.843 bits per heavy atom. The van der Waals surface area contributed by atoms with Crippen molar-refractivity contribution in [2.75, 3.05) is 0 Å². The summed E-state index contributed by atoms with van der Waals surface area (Å²) >= 11 is 0. The molecule has 390 valence electrons. The summed E-state index contributed by atoms with van der Waals surface area (Å²) in [5.41, 5.74) is -0.486. The minimum Gasteiger partial charge on any atom is -0.481 e. The average molecular weight is 990 g/mol. The predicted octanol–water partition coefficient (Wildman–Crippen LogP) is 7.21. The number of hydrogen-bond donors (Lipinski definition) is 6. The van der Waals surface area contributed by atoms with E-state index in [4.69, 9.17) is 43.7 Å². The maximum absolute atomic E-state index is 12.1. The number of nitrogens with one attached hydrogen (secondary N) is 3. The Bertz CT molecular complexity index is 1880. The fourth-order valence-electron chi connectivity index (χ4n) is 5.78. The van der Waals surface area contributed by atoms with Gasteiger partial charge < -0.3 is 59.7 Å². The number of alkyl carbamates (subject to hydrolysis) is 3. The van der Waals surface area contributed by atoms with Crippen molar-refractivity contribution >= 4 is 54.1 Å². The maximum atomic E-state index is 12.1. The molecule has 0 heterocycles. The zero-order valence-corrected chi connectivity index (χ0v) is 41.5. The lowest BCUT2D eigenvalue weighted by molar-refractivity contribution is -0.152. The first-order valence-electron chi connectivity index (χ1n) is 22.8. The second-order valence-electron chi connectivity index (χ2n) is 18.9. The number of benzene rings is 2. The normalized spacial score (nSPS) is 13.6. The molecule has 1 aliphatic carbocycles. The number of esters is 3. The van der Waals surface area contributed by atoms with Crippen LogP contribution >= 0.6 is 0 Å². The van der Waals surface area contributed by atoms with E-state index in [9.17, 15) is 43.2 Å². The zero-order valence-electron chi connectivity index (χ0n) is 41.5. The molecule has 6 N–H and O–H groups in total. The summed E-state index contributed by atoms with van der Waals surface area (Å²) in [5, 5.41) is 33.9. The number of hydrogen-bond acceptors (Lipinski definition) is 15. The van der Waals surface area contributed by atoms with Gasteiger partial charge in [0.1, 0.15) is 54.2 Å². The number of aliphatic carboxylic acids is 3. The molecular weight excluding hydrogens is 919 g/mol. The molecule has 3 atom stereocenters. The fraction of sp³-hybridized carbons (Fsp3) is 0.571. The smallest absolute Gasteiger partial charge is 0.408 e. The van der Waals surface area contributed by atoms with Crippen LogP contribution in [0.25, 0.3) is 0 Å². The van der Waals surface area contributed by atoms with Crippen molar-refractivity contribution in [2.24, 2.45) is 0 Å². The molecule has 1 aliphatic rings. The van der Waals surface area contributed by atoms with Gasteiger partial charge in [-0.15, -0.1) is 0 Å². The van der Waals surface area contributed by atoms with E-state index < -0.39 is 89.0 Å². The summed E-state index contributed by atoms with van der Waals surface area (Å²) in [6.45, 7) is 15.4. The lowest BCUT2D eigenvalue weighted by Crippen LogP contribution is -2.45. The fourth-order valence-corrected chi connectivity index (χ4v) is 5.78. The highest BCUT2D eigenvalue weighted by atomic mass is 16.6. The molecule has 0 aromatic heterocycles. The molecule has 0 radical (unpaired) electrons. The van der Waals surface area contributed by atoms with Crippen LogP contribution in [0.15, 0.2) is 60.7 Å². The summed E-state index contributed by atoms with van der Waals surface area (Å²) in [6.07, 6.45) is 0.387. The Kier molecular flexibility index (Phi) is 26.6. The Hall–Kier alpha value is -6.93. The molecule has 2 aromatic carbocycles. The standard InChI is InChI=1S/2C17H23NO6.C15H25NO6/c2*1-17(2,3)24-16(22)18-13(15(20)21)9-10-14(19)23-11-12-7-5-4-6-8-12;1-15(2,3)22-14(20)16-11(8-9-12(17)18)13(19)21-10-6-4-5-7-10/h2*4-8,13H,9-11H2,1-3H3,(H,18,22)(H,20,21);10-11H,4-9H2,1-3H3,(H,16,20)(H,17,18)/t2*13-;11-/m000/s1. The number of amides is 3. The van der Waals surface area contributed by atoms with Crippen LogP contribution < -0.4 is 16.0 Å². The number of carbonyl (C=O) groups is 9. The number of carboxylic acids is 3. The second kappa shape index (κ2) is 30.5. The summed E-state index contributed by atoms with van der Waals surface area (Å²) in [7, 11) is 0. The van der Waals surface area contributed by atoms with Crippen molar-refractivity contribution in [1.29, 1.82) is 0 Å². The molecule has 1 fully saturated rings. The first kappa shape index (κ1) is 61.1. The molecule has 0 spiro atoms. The van der Waals surface area contributed by atoms with E-state index in [1.807, 2.05) is 60.7 Å². The molecule has 2 aromatic rings. The van der Waals surface area contributed by atoms with Crippen molar-refractivity contribution in [3.8, 4) is 0 Å². The van der Waals surface area contributed by atoms with Gasteiger partial charge in [0.05, 0.1) is 0 Å². The van der Waals surface area contributed by atoms with Gasteiger partial charge in [0.15, 0.2) is 0 Å². The van der Waals surface area contributed by atoms with Crippen molar-refractivity contribution in [1.82, 2.24) is 16.0 Å². The summed E-state index contributed by atoms with van der Waals surface area (Å²) < 4.78 is 30.6. The lowest BCUT2D eigenvalue weighted by atomic mass is 10.1. The molecule has 0 saturated heterocycles. The molecule has 3 rings (SSSR count). The molecule has 0 bridgehead atoms. The van der Waals surface area contributed by atoms with E-state index in [1.54, 1.807) is 62.3 Å². The topological polar surface area (TPSA) is 306 Å². The molecule has 0 unspecified atom stereocenters. The molecule has 70 heavy (non-hydrogen) atoms. The summed E-state index contributed by atoms with van der Waals surface area (Å²) in [4.78, 5) is 104. The average Bonchev–Trinajstić information content (AvgIpc) is 3.76. The molecule has 21 heteroatoms. The second-order valence-corrected chi connectivity index (χ2v) is 18.9. The quantitative estimate of drug-likeness (QED) is 0.0564. The van der Waals surface area contributed by atoms with Crippen molar-refractivity contribution in [2.45, 2.75) is 181 Å². The van der Waals surface area contributed by atoms with E-state index in [-0.39, 0.29) is 57.8 Å². The Morgan fingerprint density at radius 1 is 0.514 bits per heavy atom. The molecule has 0 aliphatic heterocycles. The van der Waals surface area contributed by atoms with Gasteiger partial charge in [0.25, 0.3) is 0 Å². The van der Waals surface area contributed by atoms with Gasteiger partial charge in [-0.05, 0) is 118 Å². The minimum absolute atomic E-state index is 0.0276. The largest absolute Gasteiger partial charge is 0.481 e. The van der Waals surface area contributed by atoms with Gasteiger partial charge >= 0.3 is 54.1 Å². The third-order valence-corrected chi connectivity index (χ3v) is 8.95. The van der Waals surface area contributed by atoms with Crippen molar-refractivity contribution in [3.05, 3.63) is 71.8 Å². The maximum Gasteiger partial charge on any atom is 0.408 e. The monoisotopic (exact) mass is 989 g/mol. The molecular formula is C49H71N3O18. The zero-order chi connectivity index (χ0) is 53.1. The van der Waals surface area contributed by atoms with Crippen LogP contribution in [0.1, 0.15) is 138 Å². The predicted molar refractivity (Wildman–Crippen MR) is 251 cm³/mol. The van der Waals surface area contributed by atoms with Crippen LogP contribution in [-0.2, 0) is 70.4 Å². The van der Waals surface area contributed by atoms with Gasteiger partial charge in [-0.1, -0.05) is 60.7 Å². The highest BCUT2D eigenvalue weighted by Crippen LogP contribution is 2.22. The first-order chi connectivity index (χ1) is 32.5. The third-order valence-electron chi connectivity index (χ3n) is 8.95. The third kappa shape index (κ3) is 31.2.